The minimum absolute atomic E-state index is 0.772. The molecule has 0 unspecified atom stereocenters. The van der Waals surface area contributed by atoms with Gasteiger partial charge in [0.05, 0.1) is 0 Å². The molecule has 5 aromatic rings. The number of anilines is 4. The van der Waals surface area contributed by atoms with Gasteiger partial charge in [-0.1, -0.05) is 66.7 Å². The summed E-state index contributed by atoms with van der Waals surface area (Å²) >= 11 is 0. The highest BCUT2D eigenvalue weighted by Crippen LogP contribution is 2.26. The van der Waals surface area contributed by atoms with E-state index in [1.807, 2.05) is 127 Å². The van der Waals surface area contributed by atoms with Gasteiger partial charge >= 0.3 is 8.56 Å². The smallest absolute Gasteiger partial charge is 0.492 e. The van der Waals surface area contributed by atoms with Crippen LogP contribution in [0.2, 0.25) is 6.55 Å². The fourth-order valence-corrected chi connectivity index (χ4v) is 6.17. The largest absolute Gasteiger partial charge is 0.509 e. The van der Waals surface area contributed by atoms with Gasteiger partial charge in [-0.15, -0.1) is 0 Å². The van der Waals surface area contributed by atoms with Gasteiger partial charge in [0.25, 0.3) is 0 Å². The molecule has 0 aliphatic carbocycles. The van der Waals surface area contributed by atoms with Crippen molar-refractivity contribution in [3.8, 4) is 11.5 Å². The monoisotopic (exact) mass is 488 g/mol. The molecule has 5 heteroatoms. The van der Waals surface area contributed by atoms with Crippen LogP contribution in [0.25, 0.3) is 0 Å². The van der Waals surface area contributed by atoms with Crippen LogP contribution in [-0.2, 0) is 0 Å². The Balaban J connectivity index is 1.33. The van der Waals surface area contributed by atoms with Crippen molar-refractivity contribution in [3.05, 3.63) is 140 Å². The maximum atomic E-state index is 6.60. The SMILES string of the molecule is C[Si](Oc1ccc(Nc2ccccc2)cc1)(Oc1ccc(Nc2ccccc2)cc1)c1ccccc1. The Morgan fingerprint density at radius 2 is 0.750 bits per heavy atom. The first-order chi connectivity index (χ1) is 17.7. The molecule has 0 atom stereocenters. The van der Waals surface area contributed by atoms with Crippen LogP contribution in [0.1, 0.15) is 0 Å². The standard InChI is InChI=1S/C31H28N2O2Si/c1-36(31-15-9-4-10-16-31,34-29-21-17-27(18-22-29)32-25-11-5-2-6-12-25)35-30-23-19-28(20-24-30)33-26-13-7-3-8-14-26/h2-24,32-33H,1H3. The molecule has 36 heavy (non-hydrogen) atoms. The van der Waals surface area contributed by atoms with Crippen molar-refractivity contribution in [1.29, 1.82) is 0 Å². The van der Waals surface area contributed by atoms with Crippen LogP contribution in [0.15, 0.2) is 140 Å². The number of nitrogens with one attached hydrogen (secondary N) is 2. The van der Waals surface area contributed by atoms with Crippen LogP contribution in [0, 0.1) is 0 Å². The summed E-state index contributed by atoms with van der Waals surface area (Å²) in [4.78, 5) is 0. The van der Waals surface area contributed by atoms with Crippen LogP contribution >= 0.6 is 0 Å². The fourth-order valence-electron chi connectivity index (χ4n) is 3.92. The third-order valence-electron chi connectivity index (χ3n) is 5.76. The maximum absolute atomic E-state index is 6.60. The van der Waals surface area contributed by atoms with E-state index in [9.17, 15) is 0 Å². The fraction of sp³-hybridized carbons (Fsp3) is 0.0323. The maximum Gasteiger partial charge on any atom is 0.492 e. The van der Waals surface area contributed by atoms with Gasteiger partial charge < -0.3 is 19.5 Å². The molecule has 4 nitrogen and oxygen atoms in total. The number of hydrogen-bond acceptors (Lipinski definition) is 4. The van der Waals surface area contributed by atoms with Crippen molar-refractivity contribution >= 4 is 36.5 Å². The Kier molecular flexibility index (Phi) is 7.01. The molecular formula is C31H28N2O2Si. The van der Waals surface area contributed by atoms with Gasteiger partial charge in [-0.25, -0.2) is 0 Å². The van der Waals surface area contributed by atoms with Crippen LogP contribution in [0.4, 0.5) is 22.7 Å². The average Bonchev–Trinajstić information content (AvgIpc) is 2.93. The Bertz CT molecular complexity index is 1270. The molecule has 0 aromatic heterocycles. The van der Waals surface area contributed by atoms with Gasteiger partial charge in [0.2, 0.25) is 0 Å². The molecule has 5 rings (SSSR count). The van der Waals surface area contributed by atoms with Crippen molar-refractivity contribution < 1.29 is 8.85 Å². The summed E-state index contributed by atoms with van der Waals surface area (Å²) in [6, 6.07) is 46.4. The summed E-state index contributed by atoms with van der Waals surface area (Å²) in [5.74, 6) is 1.54. The first kappa shape index (κ1) is 23.3. The highest BCUT2D eigenvalue weighted by atomic mass is 28.4. The Labute approximate surface area is 213 Å². The molecule has 0 fully saturated rings. The van der Waals surface area contributed by atoms with E-state index in [4.69, 9.17) is 8.85 Å². The molecule has 178 valence electrons. The summed E-state index contributed by atoms with van der Waals surface area (Å²) in [5.41, 5.74) is 4.09. The van der Waals surface area contributed by atoms with Gasteiger partial charge in [-0.3, -0.25) is 0 Å². The third kappa shape index (κ3) is 5.95. The molecule has 0 aliphatic heterocycles. The normalized spacial score (nSPS) is 10.9. The molecule has 0 amide bonds. The molecule has 5 aromatic carbocycles. The zero-order valence-electron chi connectivity index (χ0n) is 20.1. The summed E-state index contributed by atoms with van der Waals surface area (Å²) in [5, 5.41) is 7.87. The van der Waals surface area contributed by atoms with E-state index in [-0.39, 0.29) is 0 Å². The number of rotatable bonds is 9. The van der Waals surface area contributed by atoms with Crippen LogP contribution in [0.5, 0.6) is 11.5 Å². The molecule has 0 bridgehead atoms. The average molecular weight is 489 g/mol. The Morgan fingerprint density at radius 1 is 0.417 bits per heavy atom. The van der Waals surface area contributed by atoms with Gasteiger partial charge in [-0.2, -0.15) is 0 Å². The van der Waals surface area contributed by atoms with Crippen molar-refractivity contribution in [2.75, 3.05) is 10.6 Å². The molecule has 0 saturated heterocycles. The summed E-state index contributed by atoms with van der Waals surface area (Å²) in [7, 11) is -2.83. The van der Waals surface area contributed by atoms with Crippen LogP contribution in [-0.4, -0.2) is 8.56 Å². The van der Waals surface area contributed by atoms with E-state index in [1.54, 1.807) is 0 Å². The molecule has 0 radical (unpaired) electrons. The van der Waals surface area contributed by atoms with Crippen LogP contribution < -0.4 is 24.7 Å². The van der Waals surface area contributed by atoms with E-state index < -0.39 is 8.56 Å². The number of para-hydroxylation sites is 2. The molecule has 0 heterocycles. The topological polar surface area (TPSA) is 42.5 Å². The highest BCUT2D eigenvalue weighted by molar-refractivity contribution is 6.81. The van der Waals surface area contributed by atoms with E-state index in [2.05, 4.69) is 29.3 Å². The van der Waals surface area contributed by atoms with Crippen molar-refractivity contribution in [2.24, 2.45) is 0 Å². The van der Waals surface area contributed by atoms with E-state index in [0.717, 1.165) is 39.4 Å². The number of hydrogen-bond donors (Lipinski definition) is 2. The van der Waals surface area contributed by atoms with E-state index in [0.29, 0.717) is 0 Å². The van der Waals surface area contributed by atoms with Crippen molar-refractivity contribution in [3.63, 3.8) is 0 Å². The second-order valence-electron chi connectivity index (χ2n) is 8.55. The van der Waals surface area contributed by atoms with Crippen molar-refractivity contribution in [1.82, 2.24) is 0 Å². The summed E-state index contributed by atoms with van der Waals surface area (Å²) < 4.78 is 13.2. The quantitative estimate of drug-likeness (QED) is 0.210. The van der Waals surface area contributed by atoms with Crippen molar-refractivity contribution in [2.45, 2.75) is 6.55 Å². The predicted octanol–water partition coefficient (Wildman–Crippen LogP) is 7.61. The second kappa shape index (κ2) is 10.8. The first-order valence-corrected chi connectivity index (χ1v) is 14.3. The lowest BCUT2D eigenvalue weighted by molar-refractivity contribution is 0.408. The first-order valence-electron chi connectivity index (χ1n) is 11.9. The zero-order valence-corrected chi connectivity index (χ0v) is 21.1. The molecule has 0 spiro atoms. The lowest BCUT2D eigenvalue weighted by Gasteiger charge is -2.29. The van der Waals surface area contributed by atoms with Gasteiger partial charge in [0, 0.05) is 34.5 Å². The second-order valence-corrected chi connectivity index (χ2v) is 11.4. The van der Waals surface area contributed by atoms with Gasteiger partial charge in [0.1, 0.15) is 11.5 Å². The molecule has 2 N–H and O–H groups in total. The third-order valence-corrected chi connectivity index (χ3v) is 8.39. The summed E-state index contributed by atoms with van der Waals surface area (Å²) in [6.07, 6.45) is 0. The summed E-state index contributed by atoms with van der Waals surface area (Å²) in [6.45, 7) is 2.08. The zero-order chi connectivity index (χ0) is 24.6. The number of benzene rings is 5. The Morgan fingerprint density at radius 3 is 1.14 bits per heavy atom. The molecule has 0 saturated carbocycles. The Hall–Kier alpha value is -4.48. The van der Waals surface area contributed by atoms with Crippen LogP contribution in [0.3, 0.4) is 0 Å². The van der Waals surface area contributed by atoms with E-state index >= 15 is 0 Å². The predicted molar refractivity (Wildman–Crippen MR) is 151 cm³/mol. The lowest BCUT2D eigenvalue weighted by Crippen LogP contribution is -2.56. The lowest BCUT2D eigenvalue weighted by atomic mass is 10.2. The van der Waals surface area contributed by atoms with Gasteiger partial charge in [0.15, 0.2) is 0 Å². The minimum Gasteiger partial charge on any atom is -0.509 e. The highest BCUT2D eigenvalue weighted by Gasteiger charge is 2.39. The molecular weight excluding hydrogens is 460 g/mol. The van der Waals surface area contributed by atoms with Gasteiger partial charge in [-0.05, 0) is 72.8 Å². The van der Waals surface area contributed by atoms with E-state index in [1.165, 1.54) is 0 Å². The minimum atomic E-state index is -2.83. The molecule has 0 aliphatic rings.